The number of benzene rings is 1. The number of rotatable bonds is 6. The van der Waals surface area contributed by atoms with Gasteiger partial charge in [-0.2, -0.15) is 0 Å². The monoisotopic (exact) mass is 316 g/mol. The third-order valence-corrected chi connectivity index (χ3v) is 3.66. The van der Waals surface area contributed by atoms with E-state index >= 15 is 0 Å². The van der Waals surface area contributed by atoms with Gasteiger partial charge in [-0.1, -0.05) is 49.4 Å². The van der Waals surface area contributed by atoms with Crippen LogP contribution in [0.25, 0.3) is 6.08 Å². The van der Waals surface area contributed by atoms with E-state index in [-0.39, 0.29) is 24.8 Å². The van der Waals surface area contributed by atoms with E-state index in [0.717, 1.165) is 19.1 Å². The molecular formula is C16H26Cl2N2. The fourth-order valence-corrected chi connectivity index (χ4v) is 2.64. The molecule has 4 heteroatoms. The van der Waals surface area contributed by atoms with Crippen molar-refractivity contribution in [3.8, 4) is 0 Å². The van der Waals surface area contributed by atoms with Gasteiger partial charge in [0.2, 0.25) is 0 Å². The van der Waals surface area contributed by atoms with Crippen molar-refractivity contribution >= 4 is 30.9 Å². The smallest absolute Gasteiger partial charge is 0.0221 e. The van der Waals surface area contributed by atoms with Gasteiger partial charge in [0.15, 0.2) is 0 Å². The number of likely N-dealkylation sites (tertiary alicyclic amines) is 1. The molecule has 0 aromatic heterocycles. The van der Waals surface area contributed by atoms with Crippen LogP contribution < -0.4 is 5.32 Å². The molecule has 1 fully saturated rings. The summed E-state index contributed by atoms with van der Waals surface area (Å²) in [6.45, 7) is 6.80. The van der Waals surface area contributed by atoms with Crippen LogP contribution in [-0.4, -0.2) is 37.1 Å². The van der Waals surface area contributed by atoms with Crippen LogP contribution in [0, 0.1) is 0 Å². The maximum Gasteiger partial charge on any atom is 0.0221 e. The minimum atomic E-state index is 0. The van der Waals surface area contributed by atoms with E-state index in [0.29, 0.717) is 0 Å². The van der Waals surface area contributed by atoms with Crippen LogP contribution in [0.4, 0.5) is 0 Å². The lowest BCUT2D eigenvalue weighted by atomic mass is 10.2. The number of hydrogen-bond acceptors (Lipinski definition) is 2. The maximum atomic E-state index is 3.53. The van der Waals surface area contributed by atoms with Crippen LogP contribution in [0.3, 0.4) is 0 Å². The predicted octanol–water partition coefficient (Wildman–Crippen LogP) is 3.62. The highest BCUT2D eigenvalue weighted by atomic mass is 35.5. The van der Waals surface area contributed by atoms with Crippen molar-refractivity contribution in [1.82, 2.24) is 10.2 Å². The van der Waals surface area contributed by atoms with Gasteiger partial charge in [0.05, 0.1) is 0 Å². The summed E-state index contributed by atoms with van der Waals surface area (Å²) in [5.41, 5.74) is 1.27. The molecular weight excluding hydrogens is 291 g/mol. The van der Waals surface area contributed by atoms with Gasteiger partial charge in [-0.05, 0) is 31.5 Å². The molecule has 114 valence electrons. The molecule has 1 saturated heterocycles. The van der Waals surface area contributed by atoms with Crippen molar-refractivity contribution in [2.75, 3.05) is 26.2 Å². The Bertz CT molecular complexity index is 368. The quantitative estimate of drug-likeness (QED) is 0.806. The Morgan fingerprint density at radius 1 is 1.25 bits per heavy atom. The van der Waals surface area contributed by atoms with E-state index in [1.807, 2.05) is 0 Å². The maximum absolute atomic E-state index is 3.53. The summed E-state index contributed by atoms with van der Waals surface area (Å²) < 4.78 is 0. The second-order valence-corrected chi connectivity index (χ2v) is 4.90. The van der Waals surface area contributed by atoms with Gasteiger partial charge in [-0.25, -0.2) is 0 Å². The second kappa shape index (κ2) is 11.2. The topological polar surface area (TPSA) is 15.3 Å². The third-order valence-electron chi connectivity index (χ3n) is 3.66. The van der Waals surface area contributed by atoms with Crippen LogP contribution in [0.2, 0.25) is 0 Å². The van der Waals surface area contributed by atoms with Gasteiger partial charge in [-0.3, -0.25) is 4.90 Å². The minimum Gasteiger partial charge on any atom is -0.312 e. The van der Waals surface area contributed by atoms with Gasteiger partial charge < -0.3 is 5.32 Å². The highest BCUT2D eigenvalue weighted by Crippen LogP contribution is 2.15. The summed E-state index contributed by atoms with van der Waals surface area (Å²) >= 11 is 0. The summed E-state index contributed by atoms with van der Waals surface area (Å²) in [7, 11) is 0. The molecule has 0 bridgehead atoms. The number of halogens is 2. The average Bonchev–Trinajstić information content (AvgIpc) is 2.87. The van der Waals surface area contributed by atoms with Crippen molar-refractivity contribution in [3.05, 3.63) is 42.0 Å². The SMILES string of the molecule is CCN1CCCC1CNC/C=C/c1ccccc1.Cl.Cl. The van der Waals surface area contributed by atoms with Crippen LogP contribution in [0.15, 0.2) is 36.4 Å². The normalized spacial score (nSPS) is 18.8. The first-order valence-corrected chi connectivity index (χ1v) is 7.06. The van der Waals surface area contributed by atoms with Crippen molar-refractivity contribution in [2.24, 2.45) is 0 Å². The fourth-order valence-electron chi connectivity index (χ4n) is 2.64. The number of hydrogen-bond donors (Lipinski definition) is 1. The van der Waals surface area contributed by atoms with E-state index in [1.165, 1.54) is 31.5 Å². The van der Waals surface area contributed by atoms with Gasteiger partial charge in [0.1, 0.15) is 0 Å². The highest BCUT2D eigenvalue weighted by molar-refractivity contribution is 5.85. The Labute approximate surface area is 135 Å². The second-order valence-electron chi connectivity index (χ2n) is 4.90. The molecule has 1 N–H and O–H groups in total. The molecule has 1 atom stereocenters. The molecule has 20 heavy (non-hydrogen) atoms. The summed E-state index contributed by atoms with van der Waals surface area (Å²) in [6.07, 6.45) is 7.10. The minimum absolute atomic E-state index is 0. The lowest BCUT2D eigenvalue weighted by Gasteiger charge is -2.22. The number of likely N-dealkylation sites (N-methyl/N-ethyl adjacent to an activating group) is 1. The van der Waals surface area contributed by atoms with Gasteiger partial charge in [0.25, 0.3) is 0 Å². The van der Waals surface area contributed by atoms with E-state index in [4.69, 9.17) is 0 Å². The number of nitrogens with one attached hydrogen (secondary N) is 1. The molecule has 2 nitrogen and oxygen atoms in total. The molecule has 0 radical (unpaired) electrons. The van der Waals surface area contributed by atoms with Crippen LogP contribution in [0.5, 0.6) is 0 Å². The third kappa shape index (κ3) is 6.27. The molecule has 0 spiro atoms. The van der Waals surface area contributed by atoms with Gasteiger partial charge >= 0.3 is 0 Å². The van der Waals surface area contributed by atoms with Crippen molar-refractivity contribution in [3.63, 3.8) is 0 Å². The highest BCUT2D eigenvalue weighted by Gasteiger charge is 2.21. The summed E-state index contributed by atoms with van der Waals surface area (Å²) in [6, 6.07) is 11.2. The van der Waals surface area contributed by atoms with Crippen LogP contribution >= 0.6 is 24.8 Å². The molecule has 0 aliphatic carbocycles. The number of nitrogens with zero attached hydrogens (tertiary/aromatic N) is 1. The fraction of sp³-hybridized carbons (Fsp3) is 0.500. The Morgan fingerprint density at radius 2 is 2.00 bits per heavy atom. The molecule has 0 saturated carbocycles. The lowest BCUT2D eigenvalue weighted by Crippen LogP contribution is -2.37. The molecule has 1 heterocycles. The van der Waals surface area contributed by atoms with Crippen molar-refractivity contribution < 1.29 is 0 Å². The average molecular weight is 317 g/mol. The summed E-state index contributed by atoms with van der Waals surface area (Å²) in [4.78, 5) is 2.58. The zero-order valence-corrected chi connectivity index (χ0v) is 13.8. The van der Waals surface area contributed by atoms with Gasteiger partial charge in [-0.15, -0.1) is 24.8 Å². The van der Waals surface area contributed by atoms with E-state index in [9.17, 15) is 0 Å². The molecule has 1 aromatic carbocycles. The first-order valence-electron chi connectivity index (χ1n) is 7.06. The Morgan fingerprint density at radius 3 is 2.70 bits per heavy atom. The zero-order chi connectivity index (χ0) is 12.6. The Kier molecular flexibility index (Phi) is 10.9. The Balaban J connectivity index is 0.00000180. The van der Waals surface area contributed by atoms with E-state index < -0.39 is 0 Å². The molecule has 1 unspecified atom stereocenters. The van der Waals surface area contributed by atoms with Crippen molar-refractivity contribution in [2.45, 2.75) is 25.8 Å². The summed E-state index contributed by atoms with van der Waals surface area (Å²) in [5, 5.41) is 3.53. The molecule has 0 amide bonds. The molecule has 1 aromatic rings. The standard InChI is InChI=1S/C16H24N2.2ClH/c1-2-18-13-7-11-16(18)14-17-12-6-10-15-8-4-3-5-9-15;;/h3-6,8-10,16-17H,2,7,11-14H2,1H3;2*1H/b10-6+;;. The molecule has 1 aliphatic heterocycles. The van der Waals surface area contributed by atoms with E-state index in [1.54, 1.807) is 0 Å². The van der Waals surface area contributed by atoms with Crippen LogP contribution in [0.1, 0.15) is 25.3 Å². The first kappa shape index (κ1) is 19.5. The van der Waals surface area contributed by atoms with E-state index in [2.05, 4.69) is 59.6 Å². The summed E-state index contributed by atoms with van der Waals surface area (Å²) in [5.74, 6) is 0. The first-order chi connectivity index (χ1) is 8.90. The largest absolute Gasteiger partial charge is 0.312 e. The predicted molar refractivity (Wildman–Crippen MR) is 93.1 cm³/mol. The Hall–Kier alpha value is -0.540. The van der Waals surface area contributed by atoms with Crippen LogP contribution in [-0.2, 0) is 0 Å². The lowest BCUT2D eigenvalue weighted by molar-refractivity contribution is 0.262. The molecule has 1 aliphatic rings. The zero-order valence-electron chi connectivity index (χ0n) is 12.1. The van der Waals surface area contributed by atoms with Gasteiger partial charge in [0, 0.05) is 19.1 Å². The van der Waals surface area contributed by atoms with Crippen molar-refractivity contribution in [1.29, 1.82) is 0 Å². The molecule has 2 rings (SSSR count).